The summed E-state index contributed by atoms with van der Waals surface area (Å²) in [5.74, 6) is 1.06. The van der Waals surface area contributed by atoms with Crippen molar-refractivity contribution >= 4 is 29.2 Å². The summed E-state index contributed by atoms with van der Waals surface area (Å²) in [6.07, 6.45) is 2.46. The maximum atomic E-state index is 6.21. The standard InChI is InChI=1S/C16H24Cl2N4/c1-11(14-6-5-13(17)8-15(14)18)21-16(19)20-9-12-4-3-7-22(2)10-12/h5-6,8,11-12H,3-4,7,9-10H2,1-2H3,(H3,19,20,21). The fraction of sp³-hybridized carbons (Fsp3) is 0.562. The van der Waals surface area contributed by atoms with E-state index < -0.39 is 0 Å². The molecule has 0 bridgehead atoms. The molecule has 0 spiro atoms. The van der Waals surface area contributed by atoms with E-state index in [4.69, 9.17) is 28.9 Å². The van der Waals surface area contributed by atoms with Crippen LogP contribution in [0.25, 0.3) is 0 Å². The normalized spacial score (nSPS) is 21.6. The predicted octanol–water partition coefficient (Wildman–Crippen LogP) is 3.30. The Morgan fingerprint density at radius 3 is 2.95 bits per heavy atom. The van der Waals surface area contributed by atoms with E-state index in [2.05, 4.69) is 22.3 Å². The van der Waals surface area contributed by atoms with E-state index in [0.717, 1.165) is 18.7 Å². The molecule has 1 aromatic carbocycles. The van der Waals surface area contributed by atoms with Crippen molar-refractivity contribution in [3.8, 4) is 0 Å². The van der Waals surface area contributed by atoms with Gasteiger partial charge in [0.2, 0.25) is 0 Å². The van der Waals surface area contributed by atoms with Gasteiger partial charge in [-0.1, -0.05) is 29.3 Å². The SMILES string of the molecule is CC(NC(N)=NCC1CCCN(C)C1)c1ccc(Cl)cc1Cl. The zero-order valence-corrected chi connectivity index (χ0v) is 14.7. The molecule has 0 saturated carbocycles. The third-order valence-electron chi connectivity index (χ3n) is 4.04. The van der Waals surface area contributed by atoms with Crippen LogP contribution in [0, 0.1) is 5.92 Å². The molecule has 0 amide bonds. The summed E-state index contributed by atoms with van der Waals surface area (Å²) in [7, 11) is 2.15. The number of guanidine groups is 1. The smallest absolute Gasteiger partial charge is 0.189 e. The van der Waals surface area contributed by atoms with Crippen molar-refractivity contribution in [2.24, 2.45) is 16.6 Å². The molecule has 1 fully saturated rings. The van der Waals surface area contributed by atoms with Gasteiger partial charge in [0.1, 0.15) is 0 Å². The average molecular weight is 343 g/mol. The van der Waals surface area contributed by atoms with Crippen LogP contribution in [0.2, 0.25) is 10.0 Å². The Morgan fingerprint density at radius 1 is 1.50 bits per heavy atom. The highest BCUT2D eigenvalue weighted by Crippen LogP contribution is 2.26. The summed E-state index contributed by atoms with van der Waals surface area (Å²) in [5.41, 5.74) is 6.96. The van der Waals surface area contributed by atoms with Gasteiger partial charge in [0.15, 0.2) is 5.96 Å². The second kappa shape index (κ2) is 8.04. The number of likely N-dealkylation sites (tertiary alicyclic amines) is 1. The number of hydrogen-bond acceptors (Lipinski definition) is 2. The summed E-state index contributed by atoms with van der Waals surface area (Å²) < 4.78 is 0. The molecule has 0 radical (unpaired) electrons. The van der Waals surface area contributed by atoms with Gasteiger partial charge in [0, 0.05) is 23.1 Å². The lowest BCUT2D eigenvalue weighted by Gasteiger charge is -2.28. The highest BCUT2D eigenvalue weighted by molar-refractivity contribution is 6.35. The van der Waals surface area contributed by atoms with Crippen LogP contribution in [0.3, 0.4) is 0 Å². The first-order valence-corrected chi connectivity index (χ1v) is 8.41. The number of piperidine rings is 1. The Kier molecular flexibility index (Phi) is 6.36. The van der Waals surface area contributed by atoms with Gasteiger partial charge in [0.25, 0.3) is 0 Å². The Balaban J connectivity index is 1.89. The van der Waals surface area contributed by atoms with E-state index in [-0.39, 0.29) is 6.04 Å². The molecule has 1 aliphatic heterocycles. The van der Waals surface area contributed by atoms with Crippen molar-refractivity contribution in [1.29, 1.82) is 0 Å². The largest absolute Gasteiger partial charge is 0.370 e. The Labute approximate surface area is 142 Å². The van der Waals surface area contributed by atoms with Crippen molar-refractivity contribution in [3.63, 3.8) is 0 Å². The molecule has 122 valence electrons. The Morgan fingerprint density at radius 2 is 2.27 bits per heavy atom. The second-order valence-electron chi connectivity index (χ2n) is 6.03. The molecule has 1 aromatic rings. The molecule has 1 saturated heterocycles. The van der Waals surface area contributed by atoms with Crippen LogP contribution in [0.15, 0.2) is 23.2 Å². The Hall–Kier alpha value is -0.970. The highest BCUT2D eigenvalue weighted by atomic mass is 35.5. The minimum absolute atomic E-state index is 0.0115. The van der Waals surface area contributed by atoms with Crippen LogP contribution in [0.4, 0.5) is 0 Å². The molecule has 0 aliphatic carbocycles. The van der Waals surface area contributed by atoms with Crippen LogP contribution >= 0.6 is 23.2 Å². The van der Waals surface area contributed by atoms with Crippen LogP contribution in [-0.4, -0.2) is 37.5 Å². The average Bonchev–Trinajstić information content (AvgIpc) is 2.45. The number of rotatable bonds is 4. The third kappa shape index (κ3) is 5.04. The number of aliphatic imine (C=N–C) groups is 1. The Bertz CT molecular complexity index is 533. The lowest BCUT2D eigenvalue weighted by Crippen LogP contribution is -2.36. The summed E-state index contributed by atoms with van der Waals surface area (Å²) >= 11 is 12.1. The van der Waals surface area contributed by atoms with Crippen molar-refractivity contribution in [2.75, 3.05) is 26.7 Å². The molecule has 3 N–H and O–H groups in total. The number of halogens is 2. The molecule has 22 heavy (non-hydrogen) atoms. The number of benzene rings is 1. The van der Waals surface area contributed by atoms with Crippen molar-refractivity contribution in [3.05, 3.63) is 33.8 Å². The molecular formula is C16H24Cl2N4. The summed E-state index contributed by atoms with van der Waals surface area (Å²) in [6, 6.07) is 5.46. The van der Waals surface area contributed by atoms with E-state index >= 15 is 0 Å². The number of nitrogens with zero attached hydrogens (tertiary/aromatic N) is 2. The molecule has 2 atom stereocenters. The van der Waals surface area contributed by atoms with Gasteiger partial charge in [0.05, 0.1) is 6.04 Å². The predicted molar refractivity (Wildman–Crippen MR) is 94.7 cm³/mol. The van der Waals surface area contributed by atoms with Crippen LogP contribution in [0.5, 0.6) is 0 Å². The quantitative estimate of drug-likeness (QED) is 0.651. The minimum atomic E-state index is -0.0115. The van der Waals surface area contributed by atoms with Gasteiger partial charge >= 0.3 is 0 Å². The highest BCUT2D eigenvalue weighted by Gasteiger charge is 2.17. The molecule has 4 nitrogen and oxygen atoms in total. The summed E-state index contributed by atoms with van der Waals surface area (Å²) in [4.78, 5) is 6.83. The van der Waals surface area contributed by atoms with Gasteiger partial charge < -0.3 is 16.0 Å². The monoisotopic (exact) mass is 342 g/mol. The fourth-order valence-electron chi connectivity index (χ4n) is 2.85. The van der Waals surface area contributed by atoms with E-state index in [9.17, 15) is 0 Å². The maximum absolute atomic E-state index is 6.21. The van der Waals surface area contributed by atoms with Crippen LogP contribution in [0.1, 0.15) is 31.4 Å². The van der Waals surface area contributed by atoms with Gasteiger partial charge in [-0.3, -0.25) is 4.99 Å². The fourth-order valence-corrected chi connectivity index (χ4v) is 3.42. The van der Waals surface area contributed by atoms with Crippen molar-refractivity contribution in [1.82, 2.24) is 10.2 Å². The first kappa shape index (κ1) is 17.4. The van der Waals surface area contributed by atoms with E-state index in [1.54, 1.807) is 6.07 Å². The van der Waals surface area contributed by atoms with E-state index in [1.165, 1.54) is 19.4 Å². The molecular weight excluding hydrogens is 319 g/mol. The molecule has 2 unspecified atom stereocenters. The zero-order valence-electron chi connectivity index (χ0n) is 13.1. The molecule has 1 heterocycles. The van der Waals surface area contributed by atoms with Gasteiger partial charge in [-0.15, -0.1) is 0 Å². The van der Waals surface area contributed by atoms with E-state index in [0.29, 0.717) is 21.9 Å². The number of nitrogens with one attached hydrogen (secondary N) is 1. The molecule has 2 rings (SSSR count). The first-order chi connectivity index (χ1) is 10.5. The minimum Gasteiger partial charge on any atom is -0.370 e. The first-order valence-electron chi connectivity index (χ1n) is 7.65. The lowest BCUT2D eigenvalue weighted by molar-refractivity contribution is 0.214. The number of nitrogens with two attached hydrogens (primary N) is 1. The van der Waals surface area contributed by atoms with Crippen molar-refractivity contribution < 1.29 is 0 Å². The lowest BCUT2D eigenvalue weighted by atomic mass is 9.99. The van der Waals surface area contributed by atoms with Crippen LogP contribution in [-0.2, 0) is 0 Å². The topological polar surface area (TPSA) is 53.6 Å². The van der Waals surface area contributed by atoms with E-state index in [1.807, 2.05) is 19.1 Å². The van der Waals surface area contributed by atoms with Gasteiger partial charge in [-0.2, -0.15) is 0 Å². The third-order valence-corrected chi connectivity index (χ3v) is 4.60. The van der Waals surface area contributed by atoms with Gasteiger partial charge in [-0.05, 0) is 57.0 Å². The molecule has 1 aliphatic rings. The second-order valence-corrected chi connectivity index (χ2v) is 6.87. The summed E-state index contributed by atoms with van der Waals surface area (Å²) in [6.45, 7) is 5.05. The van der Waals surface area contributed by atoms with Crippen LogP contribution < -0.4 is 11.1 Å². The maximum Gasteiger partial charge on any atom is 0.189 e. The molecule has 6 heteroatoms. The molecule has 0 aromatic heterocycles. The number of hydrogen-bond donors (Lipinski definition) is 2. The zero-order chi connectivity index (χ0) is 16.1. The van der Waals surface area contributed by atoms with Crippen molar-refractivity contribution in [2.45, 2.75) is 25.8 Å². The summed E-state index contributed by atoms with van der Waals surface area (Å²) in [5, 5.41) is 4.46. The van der Waals surface area contributed by atoms with Gasteiger partial charge in [-0.25, -0.2) is 0 Å².